The molecule has 0 aliphatic carbocycles. The minimum Gasteiger partial charge on any atom is -0.352 e. The summed E-state index contributed by atoms with van der Waals surface area (Å²) in [5.41, 5.74) is 1.52. The summed E-state index contributed by atoms with van der Waals surface area (Å²) in [4.78, 5) is 27.8. The lowest BCUT2D eigenvalue weighted by atomic mass is 10.1. The van der Waals surface area contributed by atoms with Gasteiger partial charge in [-0.3, -0.25) is 9.59 Å². The molecule has 0 aliphatic rings. The van der Waals surface area contributed by atoms with Crippen molar-refractivity contribution in [2.24, 2.45) is 0 Å². The van der Waals surface area contributed by atoms with Gasteiger partial charge in [0.1, 0.15) is 6.04 Å². The average molecular weight is 470 g/mol. The van der Waals surface area contributed by atoms with Gasteiger partial charge in [-0.2, -0.15) is 0 Å². The number of halogens is 3. The second-order valence-electron chi connectivity index (χ2n) is 7.31. The highest BCUT2D eigenvalue weighted by atomic mass is 35.5. The normalized spacial score (nSPS) is 12.9. The molecule has 0 bridgehead atoms. The van der Waals surface area contributed by atoms with Crippen molar-refractivity contribution in [3.8, 4) is 0 Å². The van der Waals surface area contributed by atoms with Gasteiger partial charge in [-0.15, -0.1) is 0 Å². The van der Waals surface area contributed by atoms with Crippen LogP contribution in [0.4, 0.5) is 0 Å². The minimum absolute atomic E-state index is 0.0237. The number of hydrogen-bond acceptors (Lipinski definition) is 2. The smallest absolute Gasteiger partial charge is 0.243 e. The lowest BCUT2D eigenvalue weighted by Crippen LogP contribution is -2.51. The zero-order valence-corrected chi connectivity index (χ0v) is 19.7. The maximum atomic E-state index is 13.3. The van der Waals surface area contributed by atoms with E-state index >= 15 is 0 Å². The molecule has 30 heavy (non-hydrogen) atoms. The number of amides is 2. The summed E-state index contributed by atoms with van der Waals surface area (Å²) in [5, 5.41) is 4.53. The topological polar surface area (TPSA) is 49.4 Å². The molecule has 2 rings (SSSR count). The first-order valence-corrected chi connectivity index (χ1v) is 11.2. The van der Waals surface area contributed by atoms with Crippen molar-refractivity contribution >= 4 is 46.6 Å². The standard InChI is InChI=1S/C23H27Cl3N2O2/c1-4-15(3)27-23(30)21(5-2)28(14-17-9-10-19(25)13-20(17)26)22(29)12-16-7-6-8-18(24)11-16/h6-11,13,15,21H,4-5,12,14H2,1-3H3,(H,27,30)/t15-,21-/m1/s1. The third-order valence-corrected chi connectivity index (χ3v) is 5.81. The van der Waals surface area contributed by atoms with Crippen LogP contribution in [0.2, 0.25) is 15.1 Å². The van der Waals surface area contributed by atoms with Gasteiger partial charge in [0.05, 0.1) is 6.42 Å². The maximum absolute atomic E-state index is 13.3. The fraction of sp³-hybridized carbons (Fsp3) is 0.391. The number of nitrogens with zero attached hydrogens (tertiary/aromatic N) is 1. The van der Waals surface area contributed by atoms with Gasteiger partial charge < -0.3 is 10.2 Å². The van der Waals surface area contributed by atoms with Gasteiger partial charge in [0.2, 0.25) is 11.8 Å². The summed E-state index contributed by atoms with van der Waals surface area (Å²) >= 11 is 18.4. The number of carbonyl (C=O) groups excluding carboxylic acids is 2. The molecule has 162 valence electrons. The number of nitrogens with one attached hydrogen (secondary N) is 1. The third-order valence-electron chi connectivity index (χ3n) is 4.99. The Morgan fingerprint density at radius 3 is 2.30 bits per heavy atom. The average Bonchev–Trinajstić information content (AvgIpc) is 2.69. The Kier molecular flexibility index (Phi) is 9.47. The highest BCUT2D eigenvalue weighted by Crippen LogP contribution is 2.24. The first-order chi connectivity index (χ1) is 14.2. The molecule has 0 saturated carbocycles. The van der Waals surface area contributed by atoms with E-state index in [1.165, 1.54) is 0 Å². The molecule has 0 saturated heterocycles. The van der Waals surface area contributed by atoms with E-state index in [1.54, 1.807) is 41.3 Å². The van der Waals surface area contributed by atoms with Crippen molar-refractivity contribution in [2.45, 2.75) is 58.7 Å². The lowest BCUT2D eigenvalue weighted by Gasteiger charge is -2.32. The number of benzene rings is 2. The molecule has 2 aromatic rings. The fourth-order valence-corrected chi connectivity index (χ4v) is 3.80. The summed E-state index contributed by atoms with van der Waals surface area (Å²) in [6, 6.07) is 11.7. The van der Waals surface area contributed by atoms with Crippen LogP contribution >= 0.6 is 34.8 Å². The van der Waals surface area contributed by atoms with Crippen LogP contribution in [0, 0.1) is 0 Å². The zero-order valence-electron chi connectivity index (χ0n) is 17.4. The molecule has 0 heterocycles. The monoisotopic (exact) mass is 468 g/mol. The Labute approximate surface area is 193 Å². The van der Waals surface area contributed by atoms with Crippen molar-refractivity contribution in [1.82, 2.24) is 10.2 Å². The van der Waals surface area contributed by atoms with Gasteiger partial charge in [-0.25, -0.2) is 0 Å². The van der Waals surface area contributed by atoms with Crippen molar-refractivity contribution < 1.29 is 9.59 Å². The lowest BCUT2D eigenvalue weighted by molar-refractivity contribution is -0.141. The summed E-state index contributed by atoms with van der Waals surface area (Å²) in [6.07, 6.45) is 1.43. The van der Waals surface area contributed by atoms with Crippen LogP contribution in [0.3, 0.4) is 0 Å². The van der Waals surface area contributed by atoms with E-state index in [0.29, 0.717) is 21.5 Å². The molecule has 7 heteroatoms. The molecular weight excluding hydrogens is 443 g/mol. The van der Waals surface area contributed by atoms with Crippen molar-refractivity contribution in [2.75, 3.05) is 0 Å². The zero-order chi connectivity index (χ0) is 22.3. The molecule has 0 fully saturated rings. The maximum Gasteiger partial charge on any atom is 0.243 e. The Hall–Kier alpha value is -1.75. The van der Waals surface area contributed by atoms with Crippen molar-refractivity contribution in [3.63, 3.8) is 0 Å². The van der Waals surface area contributed by atoms with Gasteiger partial charge in [-0.05, 0) is 55.2 Å². The van der Waals surface area contributed by atoms with E-state index < -0.39 is 6.04 Å². The van der Waals surface area contributed by atoms with Gasteiger partial charge in [0.25, 0.3) is 0 Å². The summed E-state index contributed by atoms with van der Waals surface area (Å²) < 4.78 is 0. The van der Waals surface area contributed by atoms with E-state index in [4.69, 9.17) is 34.8 Å². The predicted molar refractivity (Wildman–Crippen MR) is 124 cm³/mol. The molecule has 0 radical (unpaired) electrons. The van der Waals surface area contributed by atoms with Gasteiger partial charge in [0, 0.05) is 27.7 Å². The van der Waals surface area contributed by atoms with E-state index in [1.807, 2.05) is 26.8 Å². The highest BCUT2D eigenvalue weighted by Gasteiger charge is 2.29. The molecule has 0 unspecified atom stereocenters. The van der Waals surface area contributed by atoms with Crippen molar-refractivity contribution in [1.29, 1.82) is 0 Å². The van der Waals surface area contributed by atoms with Crippen molar-refractivity contribution in [3.05, 3.63) is 68.7 Å². The van der Waals surface area contributed by atoms with Crippen LogP contribution < -0.4 is 5.32 Å². The molecular formula is C23H27Cl3N2O2. The number of rotatable bonds is 9. The van der Waals surface area contributed by atoms with Gasteiger partial charge in [0.15, 0.2) is 0 Å². The van der Waals surface area contributed by atoms with E-state index in [-0.39, 0.29) is 30.8 Å². The number of carbonyl (C=O) groups is 2. The Morgan fingerprint density at radius 2 is 1.70 bits per heavy atom. The fourth-order valence-electron chi connectivity index (χ4n) is 3.12. The van der Waals surface area contributed by atoms with Crippen LogP contribution in [0.5, 0.6) is 0 Å². The summed E-state index contributed by atoms with van der Waals surface area (Å²) in [6.45, 7) is 6.05. The van der Waals surface area contributed by atoms with Gasteiger partial charge in [-0.1, -0.05) is 66.8 Å². The van der Waals surface area contributed by atoms with Crippen LogP contribution in [-0.4, -0.2) is 28.8 Å². The molecule has 0 spiro atoms. The van der Waals surface area contributed by atoms with Crippen LogP contribution in [0.15, 0.2) is 42.5 Å². The quantitative estimate of drug-likeness (QED) is 0.496. The van der Waals surface area contributed by atoms with Crippen LogP contribution in [0.1, 0.15) is 44.7 Å². The van der Waals surface area contributed by atoms with E-state index in [9.17, 15) is 9.59 Å². The summed E-state index contributed by atoms with van der Waals surface area (Å²) in [5.74, 6) is -0.342. The predicted octanol–water partition coefficient (Wildman–Crippen LogP) is 5.91. The molecule has 2 aromatic carbocycles. The Bertz CT molecular complexity index is 889. The highest BCUT2D eigenvalue weighted by molar-refractivity contribution is 6.35. The SMILES string of the molecule is CC[C@@H](C)NC(=O)[C@@H](CC)N(Cc1ccc(Cl)cc1Cl)C(=O)Cc1cccc(Cl)c1. The van der Waals surface area contributed by atoms with Crippen LogP contribution in [0.25, 0.3) is 0 Å². The summed E-state index contributed by atoms with van der Waals surface area (Å²) in [7, 11) is 0. The molecule has 0 aromatic heterocycles. The molecule has 2 atom stereocenters. The Balaban J connectivity index is 2.34. The molecule has 2 amide bonds. The second kappa shape index (κ2) is 11.6. The molecule has 4 nitrogen and oxygen atoms in total. The van der Waals surface area contributed by atoms with Crippen LogP contribution in [-0.2, 0) is 22.6 Å². The first kappa shape index (κ1) is 24.5. The van der Waals surface area contributed by atoms with E-state index in [0.717, 1.165) is 17.5 Å². The van der Waals surface area contributed by atoms with Gasteiger partial charge >= 0.3 is 0 Å². The largest absolute Gasteiger partial charge is 0.352 e. The second-order valence-corrected chi connectivity index (χ2v) is 8.59. The molecule has 1 N–H and O–H groups in total. The minimum atomic E-state index is -0.613. The molecule has 0 aliphatic heterocycles. The third kappa shape index (κ3) is 6.90. The Morgan fingerprint density at radius 1 is 1.00 bits per heavy atom. The van der Waals surface area contributed by atoms with E-state index in [2.05, 4.69) is 5.32 Å². The first-order valence-electron chi connectivity index (χ1n) is 10.0. The number of hydrogen-bond donors (Lipinski definition) is 1.